The number of nitrogens with one attached hydrogen (secondary N) is 4. The molecular weight excluding hydrogens is 408 g/mol. The standard InChI is InChI=1S/C15H16N6O9/c1-2-30-15(29)20-13(27)11-7(3-16)12(26)19-14(28)21(11)6-9(23)17-4-8(22)18-5-10(24)25/h2,4-6H2,1H3,(H,17,23)(H,18,22)(H,24,25)(H,19,26,28)(H,20,27,29)/p-1. The van der Waals surface area contributed by atoms with Crippen molar-refractivity contribution in [3.8, 4) is 6.07 Å². The van der Waals surface area contributed by atoms with Crippen LogP contribution in [0.25, 0.3) is 0 Å². The monoisotopic (exact) mass is 423 g/mol. The number of carbonyl (C=O) groups excluding carboxylic acids is 5. The number of H-pyrrole nitrogens is 1. The number of imide groups is 1. The van der Waals surface area contributed by atoms with Crippen LogP contribution in [0.2, 0.25) is 0 Å². The van der Waals surface area contributed by atoms with Crippen LogP contribution in [0.15, 0.2) is 9.59 Å². The highest BCUT2D eigenvalue weighted by molar-refractivity contribution is 6.03. The van der Waals surface area contributed by atoms with Crippen molar-refractivity contribution >= 4 is 29.8 Å². The lowest BCUT2D eigenvalue weighted by atomic mass is 10.2. The van der Waals surface area contributed by atoms with Gasteiger partial charge in [0.1, 0.15) is 23.9 Å². The van der Waals surface area contributed by atoms with Crippen molar-refractivity contribution in [2.45, 2.75) is 13.5 Å². The van der Waals surface area contributed by atoms with Gasteiger partial charge >= 0.3 is 11.8 Å². The lowest BCUT2D eigenvalue weighted by Gasteiger charge is -2.13. The van der Waals surface area contributed by atoms with E-state index in [1.807, 2.05) is 10.6 Å². The van der Waals surface area contributed by atoms with Gasteiger partial charge in [-0.15, -0.1) is 0 Å². The van der Waals surface area contributed by atoms with Crippen molar-refractivity contribution in [1.82, 2.24) is 25.5 Å². The van der Waals surface area contributed by atoms with E-state index in [2.05, 4.69) is 4.74 Å². The Labute approximate surface area is 166 Å². The Kier molecular flexibility index (Phi) is 8.44. The molecule has 15 nitrogen and oxygen atoms in total. The van der Waals surface area contributed by atoms with E-state index in [4.69, 9.17) is 5.26 Å². The first-order valence-corrected chi connectivity index (χ1v) is 8.09. The highest BCUT2D eigenvalue weighted by atomic mass is 16.5. The van der Waals surface area contributed by atoms with Gasteiger partial charge in [0, 0.05) is 0 Å². The smallest absolute Gasteiger partial charge is 0.414 e. The van der Waals surface area contributed by atoms with Crippen molar-refractivity contribution in [2.24, 2.45) is 0 Å². The summed E-state index contributed by atoms with van der Waals surface area (Å²) in [6.45, 7) is -1.06. The molecule has 0 aromatic carbocycles. The maximum Gasteiger partial charge on any atom is 0.414 e. The van der Waals surface area contributed by atoms with Crippen molar-refractivity contribution in [1.29, 1.82) is 5.26 Å². The average molecular weight is 423 g/mol. The van der Waals surface area contributed by atoms with E-state index < -0.39 is 71.9 Å². The topological polar surface area (TPSA) is 232 Å². The van der Waals surface area contributed by atoms with E-state index in [9.17, 15) is 38.7 Å². The number of amides is 4. The Morgan fingerprint density at radius 1 is 1.13 bits per heavy atom. The molecule has 0 saturated heterocycles. The second-order valence-electron chi connectivity index (χ2n) is 5.28. The largest absolute Gasteiger partial charge is 0.548 e. The second-order valence-corrected chi connectivity index (χ2v) is 5.28. The highest BCUT2D eigenvalue weighted by Gasteiger charge is 2.24. The zero-order valence-electron chi connectivity index (χ0n) is 15.4. The number of alkyl carbamates (subject to hydrolysis) is 1. The molecule has 15 heteroatoms. The molecular formula is C15H15N6O9-. The first-order chi connectivity index (χ1) is 14.1. The van der Waals surface area contributed by atoms with Crippen molar-refractivity contribution < 1.29 is 33.8 Å². The molecule has 0 atom stereocenters. The maximum absolute atomic E-state index is 12.3. The Hall–Kier alpha value is -4.48. The first kappa shape index (κ1) is 23.6. The van der Waals surface area contributed by atoms with Crippen LogP contribution in [0, 0.1) is 11.3 Å². The number of nitriles is 1. The quantitative estimate of drug-likeness (QED) is 0.312. The summed E-state index contributed by atoms with van der Waals surface area (Å²) in [6, 6.07) is 1.39. The number of carboxylic acids is 1. The Bertz CT molecular complexity index is 1030. The predicted octanol–water partition coefficient (Wildman–Crippen LogP) is -4.72. The molecule has 0 radical (unpaired) electrons. The summed E-state index contributed by atoms with van der Waals surface area (Å²) < 4.78 is 4.90. The van der Waals surface area contributed by atoms with Crippen molar-refractivity contribution in [3.05, 3.63) is 32.1 Å². The fourth-order valence-electron chi connectivity index (χ4n) is 1.99. The summed E-state index contributed by atoms with van der Waals surface area (Å²) in [5.41, 5.74) is -4.20. The minimum absolute atomic E-state index is 0.102. The third-order valence-electron chi connectivity index (χ3n) is 3.20. The lowest BCUT2D eigenvalue weighted by molar-refractivity contribution is -0.304. The molecule has 1 rings (SSSR count). The molecule has 1 aromatic heterocycles. The third kappa shape index (κ3) is 6.60. The van der Waals surface area contributed by atoms with Gasteiger partial charge < -0.3 is 25.3 Å². The predicted molar refractivity (Wildman–Crippen MR) is 91.6 cm³/mol. The van der Waals surface area contributed by atoms with Gasteiger partial charge in [-0.25, -0.2) is 9.59 Å². The minimum Gasteiger partial charge on any atom is -0.548 e. The zero-order valence-corrected chi connectivity index (χ0v) is 15.4. The van der Waals surface area contributed by atoms with Gasteiger partial charge in [0.05, 0.1) is 25.7 Å². The molecule has 0 aliphatic heterocycles. The number of aromatic amines is 1. The third-order valence-corrected chi connectivity index (χ3v) is 3.20. The number of aromatic nitrogens is 2. The second kappa shape index (κ2) is 10.8. The van der Waals surface area contributed by atoms with E-state index >= 15 is 0 Å². The molecule has 0 spiro atoms. The van der Waals surface area contributed by atoms with E-state index in [1.54, 1.807) is 10.3 Å². The van der Waals surface area contributed by atoms with Crippen LogP contribution < -0.4 is 32.3 Å². The molecule has 160 valence electrons. The number of nitrogens with zero attached hydrogens (tertiary/aromatic N) is 2. The molecule has 1 aromatic rings. The molecule has 30 heavy (non-hydrogen) atoms. The van der Waals surface area contributed by atoms with Gasteiger partial charge in [-0.3, -0.25) is 34.0 Å². The number of hydrogen-bond donors (Lipinski definition) is 4. The van der Waals surface area contributed by atoms with Crippen molar-refractivity contribution in [2.75, 3.05) is 19.7 Å². The minimum atomic E-state index is -1.56. The summed E-state index contributed by atoms with van der Waals surface area (Å²) in [6.07, 6.45) is -1.22. The molecule has 0 aliphatic rings. The van der Waals surface area contributed by atoms with Crippen LogP contribution in [-0.2, 0) is 25.7 Å². The van der Waals surface area contributed by atoms with Crippen LogP contribution in [0.3, 0.4) is 0 Å². The number of carbonyl (C=O) groups is 5. The van der Waals surface area contributed by atoms with E-state index in [0.717, 1.165) is 0 Å². The summed E-state index contributed by atoms with van der Waals surface area (Å²) in [7, 11) is 0. The Balaban J connectivity index is 3.11. The van der Waals surface area contributed by atoms with Gasteiger partial charge in [0.25, 0.3) is 11.5 Å². The van der Waals surface area contributed by atoms with Gasteiger partial charge in [0.15, 0.2) is 0 Å². The van der Waals surface area contributed by atoms with Gasteiger partial charge in [0.2, 0.25) is 11.8 Å². The van der Waals surface area contributed by atoms with Crippen LogP contribution in [0.4, 0.5) is 4.79 Å². The first-order valence-electron chi connectivity index (χ1n) is 8.09. The molecule has 4 N–H and O–H groups in total. The summed E-state index contributed by atoms with van der Waals surface area (Å²) in [4.78, 5) is 83.0. The summed E-state index contributed by atoms with van der Waals surface area (Å²) in [5.74, 6) is -4.82. The molecule has 1 heterocycles. The highest BCUT2D eigenvalue weighted by Crippen LogP contribution is 2.01. The average Bonchev–Trinajstić information content (AvgIpc) is 2.66. The molecule has 0 saturated carbocycles. The molecule has 0 fully saturated rings. The number of hydrogen-bond acceptors (Lipinski definition) is 10. The van der Waals surface area contributed by atoms with E-state index in [0.29, 0.717) is 4.57 Å². The number of rotatable bonds is 8. The van der Waals surface area contributed by atoms with E-state index in [-0.39, 0.29) is 6.61 Å². The normalized spacial score (nSPS) is 9.73. The molecule has 0 unspecified atom stereocenters. The maximum atomic E-state index is 12.3. The van der Waals surface area contributed by atoms with Gasteiger partial charge in [-0.05, 0) is 6.92 Å². The van der Waals surface area contributed by atoms with Crippen LogP contribution in [0.1, 0.15) is 23.0 Å². The van der Waals surface area contributed by atoms with Gasteiger partial charge in [-0.1, -0.05) is 0 Å². The molecule has 4 amide bonds. The van der Waals surface area contributed by atoms with E-state index in [1.165, 1.54) is 13.0 Å². The molecule has 0 aliphatic carbocycles. The number of aliphatic carboxylic acids is 1. The number of ether oxygens (including phenoxy) is 1. The van der Waals surface area contributed by atoms with Crippen LogP contribution >= 0.6 is 0 Å². The Morgan fingerprint density at radius 3 is 2.33 bits per heavy atom. The SMILES string of the molecule is CCOC(=O)NC(=O)c1c(C#N)c(=O)[nH]c(=O)n1CC(=O)NCC(=O)NCC(=O)[O-]. The van der Waals surface area contributed by atoms with Gasteiger partial charge in [-0.2, -0.15) is 5.26 Å². The Morgan fingerprint density at radius 2 is 1.77 bits per heavy atom. The van der Waals surface area contributed by atoms with Crippen LogP contribution in [0.5, 0.6) is 0 Å². The number of carboxylic acid groups (broad SMARTS) is 1. The van der Waals surface area contributed by atoms with Crippen LogP contribution in [-0.4, -0.2) is 59.0 Å². The lowest BCUT2D eigenvalue weighted by Crippen LogP contribution is -2.46. The summed E-state index contributed by atoms with van der Waals surface area (Å²) in [5, 5.41) is 25.0. The van der Waals surface area contributed by atoms with Crippen molar-refractivity contribution in [3.63, 3.8) is 0 Å². The zero-order chi connectivity index (χ0) is 22.8. The fourth-order valence-corrected chi connectivity index (χ4v) is 1.99. The summed E-state index contributed by atoms with van der Waals surface area (Å²) >= 11 is 0. The fraction of sp³-hybridized carbons (Fsp3) is 0.333. The molecule has 0 bridgehead atoms.